The fraction of sp³-hybridized carbons (Fsp3) is 0.526. The highest BCUT2D eigenvalue weighted by Crippen LogP contribution is 2.10. The molecule has 2 heterocycles. The summed E-state index contributed by atoms with van der Waals surface area (Å²) in [7, 11) is 1.99. The zero-order chi connectivity index (χ0) is 15.9. The third-order valence-corrected chi connectivity index (χ3v) is 4.63. The molecule has 0 unspecified atom stereocenters. The van der Waals surface area contributed by atoms with Crippen LogP contribution in [0.5, 0.6) is 0 Å². The summed E-state index contributed by atoms with van der Waals surface area (Å²) in [5.74, 6) is 0. The predicted molar refractivity (Wildman–Crippen MR) is 94.3 cm³/mol. The van der Waals surface area contributed by atoms with E-state index in [1.807, 2.05) is 17.9 Å². The number of benzene rings is 1. The molecule has 0 N–H and O–H groups in total. The van der Waals surface area contributed by atoms with E-state index in [9.17, 15) is 0 Å². The van der Waals surface area contributed by atoms with Crippen LogP contribution in [0.15, 0.2) is 42.7 Å². The van der Waals surface area contributed by atoms with Gasteiger partial charge in [0.2, 0.25) is 0 Å². The molecule has 0 aliphatic carbocycles. The first-order valence-corrected chi connectivity index (χ1v) is 8.76. The van der Waals surface area contributed by atoms with Gasteiger partial charge in [-0.2, -0.15) is 5.10 Å². The molecule has 1 fully saturated rings. The van der Waals surface area contributed by atoms with Crippen LogP contribution >= 0.6 is 0 Å². The van der Waals surface area contributed by atoms with Crippen molar-refractivity contribution in [3.63, 3.8) is 0 Å². The van der Waals surface area contributed by atoms with Gasteiger partial charge in [0.25, 0.3) is 0 Å². The third kappa shape index (κ3) is 5.19. The van der Waals surface area contributed by atoms with E-state index >= 15 is 0 Å². The Hall–Kier alpha value is -1.65. The largest absolute Gasteiger partial charge is 0.302 e. The molecule has 0 saturated carbocycles. The average Bonchev–Trinajstić information content (AvgIpc) is 2.84. The molecular formula is C19H28N4. The highest BCUT2D eigenvalue weighted by atomic mass is 15.3. The minimum atomic E-state index is 1.03. The number of aryl methyl sites for hydroxylation is 2. The fourth-order valence-electron chi connectivity index (χ4n) is 3.37. The zero-order valence-electron chi connectivity index (χ0n) is 14.2. The molecule has 1 aromatic heterocycles. The van der Waals surface area contributed by atoms with Crippen molar-refractivity contribution in [2.75, 3.05) is 32.7 Å². The molecule has 1 aliphatic rings. The Bertz CT molecular complexity index is 578. The summed E-state index contributed by atoms with van der Waals surface area (Å²) in [5, 5.41) is 4.27. The molecule has 0 amide bonds. The van der Waals surface area contributed by atoms with E-state index in [4.69, 9.17) is 0 Å². The SMILES string of the molecule is Cn1cc(CN2CCCN(CCCc3ccccc3)CC2)cn1. The maximum absolute atomic E-state index is 4.27. The standard InChI is InChI=1S/C19H28N4/c1-21-16-19(15-20-21)17-23-12-6-11-22(13-14-23)10-5-9-18-7-3-2-4-8-18/h2-4,7-8,15-16H,5-6,9-14,17H2,1H3. The van der Waals surface area contributed by atoms with Crippen LogP contribution in [0.4, 0.5) is 0 Å². The van der Waals surface area contributed by atoms with Gasteiger partial charge in [-0.1, -0.05) is 30.3 Å². The van der Waals surface area contributed by atoms with Crippen LogP contribution in [-0.4, -0.2) is 52.3 Å². The third-order valence-electron chi connectivity index (χ3n) is 4.63. The van der Waals surface area contributed by atoms with Crippen molar-refractivity contribution in [3.05, 3.63) is 53.9 Å². The van der Waals surface area contributed by atoms with Crippen LogP contribution in [0, 0.1) is 0 Å². The minimum absolute atomic E-state index is 1.03. The number of rotatable bonds is 6. The first-order chi connectivity index (χ1) is 11.3. The molecule has 3 rings (SSSR count). The maximum Gasteiger partial charge on any atom is 0.0534 e. The number of hydrogen-bond donors (Lipinski definition) is 0. The zero-order valence-corrected chi connectivity index (χ0v) is 14.2. The predicted octanol–water partition coefficient (Wildman–Crippen LogP) is 2.56. The van der Waals surface area contributed by atoms with Crippen LogP contribution in [0.25, 0.3) is 0 Å². The normalized spacial score (nSPS) is 17.3. The second kappa shape index (κ2) is 8.27. The number of hydrogen-bond acceptors (Lipinski definition) is 3. The molecule has 4 heteroatoms. The molecule has 1 aliphatic heterocycles. The van der Waals surface area contributed by atoms with Gasteiger partial charge in [-0.15, -0.1) is 0 Å². The van der Waals surface area contributed by atoms with Crippen LogP contribution in [-0.2, 0) is 20.0 Å². The van der Waals surface area contributed by atoms with E-state index in [2.05, 4.69) is 51.4 Å². The van der Waals surface area contributed by atoms with Gasteiger partial charge in [-0.3, -0.25) is 9.58 Å². The van der Waals surface area contributed by atoms with Crippen molar-refractivity contribution < 1.29 is 0 Å². The Labute approximate surface area is 139 Å². The Morgan fingerprint density at radius 1 is 0.957 bits per heavy atom. The lowest BCUT2D eigenvalue weighted by molar-refractivity contribution is 0.250. The van der Waals surface area contributed by atoms with Gasteiger partial charge in [0.15, 0.2) is 0 Å². The smallest absolute Gasteiger partial charge is 0.0534 e. The average molecular weight is 312 g/mol. The first kappa shape index (κ1) is 16.2. The Balaban J connectivity index is 1.39. The van der Waals surface area contributed by atoms with Crippen LogP contribution < -0.4 is 0 Å². The van der Waals surface area contributed by atoms with Gasteiger partial charge in [0, 0.05) is 38.4 Å². The van der Waals surface area contributed by atoms with Gasteiger partial charge in [0.05, 0.1) is 6.20 Å². The van der Waals surface area contributed by atoms with Crippen molar-refractivity contribution in [3.8, 4) is 0 Å². The van der Waals surface area contributed by atoms with E-state index < -0.39 is 0 Å². The van der Waals surface area contributed by atoms with Crippen molar-refractivity contribution in [1.29, 1.82) is 0 Å². The minimum Gasteiger partial charge on any atom is -0.302 e. The van der Waals surface area contributed by atoms with Gasteiger partial charge < -0.3 is 4.90 Å². The molecule has 124 valence electrons. The quantitative estimate of drug-likeness (QED) is 0.819. The van der Waals surface area contributed by atoms with Crippen molar-refractivity contribution in [2.24, 2.45) is 7.05 Å². The first-order valence-electron chi connectivity index (χ1n) is 8.76. The lowest BCUT2D eigenvalue weighted by atomic mass is 10.1. The van der Waals surface area contributed by atoms with Crippen LogP contribution in [0.3, 0.4) is 0 Å². The number of nitrogens with zero attached hydrogens (tertiary/aromatic N) is 4. The summed E-state index contributed by atoms with van der Waals surface area (Å²) < 4.78 is 1.89. The molecule has 1 saturated heterocycles. The molecule has 0 bridgehead atoms. The van der Waals surface area contributed by atoms with E-state index in [1.165, 1.54) is 63.1 Å². The molecule has 0 spiro atoms. The maximum atomic E-state index is 4.27. The molecule has 0 radical (unpaired) electrons. The fourth-order valence-corrected chi connectivity index (χ4v) is 3.37. The van der Waals surface area contributed by atoms with Gasteiger partial charge in [-0.25, -0.2) is 0 Å². The molecule has 0 atom stereocenters. The Morgan fingerprint density at radius 2 is 1.74 bits per heavy atom. The Morgan fingerprint density at radius 3 is 2.52 bits per heavy atom. The van der Waals surface area contributed by atoms with Crippen molar-refractivity contribution >= 4 is 0 Å². The highest BCUT2D eigenvalue weighted by Gasteiger charge is 2.15. The Kier molecular flexibility index (Phi) is 5.83. The monoisotopic (exact) mass is 312 g/mol. The lowest BCUT2D eigenvalue weighted by Gasteiger charge is -2.21. The van der Waals surface area contributed by atoms with E-state index in [0.717, 1.165) is 6.54 Å². The summed E-state index contributed by atoms with van der Waals surface area (Å²) in [6.45, 7) is 7.04. The second-order valence-electron chi connectivity index (χ2n) is 6.58. The van der Waals surface area contributed by atoms with Gasteiger partial charge in [0.1, 0.15) is 0 Å². The number of aromatic nitrogens is 2. The van der Waals surface area contributed by atoms with Crippen molar-refractivity contribution in [2.45, 2.75) is 25.8 Å². The molecule has 23 heavy (non-hydrogen) atoms. The van der Waals surface area contributed by atoms with Crippen LogP contribution in [0.2, 0.25) is 0 Å². The van der Waals surface area contributed by atoms with E-state index in [-0.39, 0.29) is 0 Å². The summed E-state index contributed by atoms with van der Waals surface area (Å²) >= 11 is 0. The summed E-state index contributed by atoms with van der Waals surface area (Å²) in [6, 6.07) is 10.8. The molecule has 4 nitrogen and oxygen atoms in total. The topological polar surface area (TPSA) is 24.3 Å². The summed E-state index contributed by atoms with van der Waals surface area (Å²) in [5.41, 5.74) is 2.78. The van der Waals surface area contributed by atoms with E-state index in [0.29, 0.717) is 0 Å². The van der Waals surface area contributed by atoms with E-state index in [1.54, 1.807) is 0 Å². The second-order valence-corrected chi connectivity index (χ2v) is 6.58. The lowest BCUT2D eigenvalue weighted by Crippen LogP contribution is -2.31. The summed E-state index contributed by atoms with van der Waals surface area (Å²) in [4.78, 5) is 5.19. The van der Waals surface area contributed by atoms with Gasteiger partial charge >= 0.3 is 0 Å². The molecule has 1 aromatic carbocycles. The summed E-state index contributed by atoms with van der Waals surface area (Å²) in [6.07, 6.45) is 7.83. The highest BCUT2D eigenvalue weighted by molar-refractivity contribution is 5.14. The molecule has 2 aromatic rings. The van der Waals surface area contributed by atoms with Gasteiger partial charge in [-0.05, 0) is 44.5 Å². The van der Waals surface area contributed by atoms with Crippen molar-refractivity contribution in [1.82, 2.24) is 19.6 Å². The van der Waals surface area contributed by atoms with Crippen LogP contribution in [0.1, 0.15) is 24.0 Å². The molecular weight excluding hydrogens is 284 g/mol.